The lowest BCUT2D eigenvalue weighted by atomic mass is 10.0. The molecule has 0 aromatic heterocycles. The number of hydrogen-bond donors (Lipinski definition) is 3. The Hall–Kier alpha value is -2.98. The Balaban J connectivity index is 5.32. The van der Waals surface area contributed by atoms with Crippen LogP contribution in [0.4, 0.5) is 0 Å². The topological polar surface area (TPSA) is 237 Å². The van der Waals surface area contributed by atoms with Gasteiger partial charge in [-0.25, -0.2) is 9.13 Å². The van der Waals surface area contributed by atoms with Crippen LogP contribution in [-0.2, 0) is 65.4 Å². The van der Waals surface area contributed by atoms with E-state index in [0.29, 0.717) is 25.7 Å². The van der Waals surface area contributed by atoms with Crippen molar-refractivity contribution < 1.29 is 80.2 Å². The maximum atomic E-state index is 13.1. The molecule has 0 aromatic rings. The van der Waals surface area contributed by atoms with Crippen molar-refractivity contribution in [2.75, 3.05) is 39.6 Å². The molecule has 0 aliphatic carbocycles. The van der Waals surface area contributed by atoms with E-state index in [1.807, 2.05) is 0 Å². The highest BCUT2D eigenvalue weighted by atomic mass is 31.2. The molecule has 0 bridgehead atoms. The third-order valence-corrected chi connectivity index (χ3v) is 18.2. The van der Waals surface area contributed by atoms with Gasteiger partial charge in [0.15, 0.2) is 12.2 Å². The minimum absolute atomic E-state index is 0.0863. The van der Waals surface area contributed by atoms with Crippen molar-refractivity contribution in [2.45, 2.75) is 367 Å². The molecule has 0 rings (SSSR count). The monoisotopic (exact) mass is 1370 g/mol. The molecule has 550 valence electrons. The fraction of sp³-hybridized carbons (Fsp3) is 0.840. The summed E-state index contributed by atoms with van der Waals surface area (Å²) in [5, 5.41) is 10.6. The van der Waals surface area contributed by atoms with Crippen molar-refractivity contribution in [3.63, 3.8) is 0 Å². The van der Waals surface area contributed by atoms with Crippen LogP contribution in [0, 0.1) is 0 Å². The predicted molar refractivity (Wildman–Crippen MR) is 381 cm³/mol. The minimum Gasteiger partial charge on any atom is -0.462 e. The molecule has 0 spiro atoms. The van der Waals surface area contributed by atoms with E-state index in [1.54, 1.807) is 0 Å². The highest BCUT2D eigenvalue weighted by Crippen LogP contribution is 2.45. The van der Waals surface area contributed by atoms with Crippen LogP contribution in [0.25, 0.3) is 0 Å². The lowest BCUT2D eigenvalue weighted by Crippen LogP contribution is -2.30. The van der Waals surface area contributed by atoms with Crippen molar-refractivity contribution in [3.8, 4) is 0 Å². The average molecular weight is 1370 g/mol. The third kappa shape index (κ3) is 67.6. The van der Waals surface area contributed by atoms with E-state index in [1.165, 1.54) is 122 Å². The molecule has 19 heteroatoms. The van der Waals surface area contributed by atoms with E-state index in [4.69, 9.17) is 37.0 Å². The van der Waals surface area contributed by atoms with Gasteiger partial charge in [0.2, 0.25) is 0 Å². The second-order valence-electron chi connectivity index (χ2n) is 25.6. The smallest absolute Gasteiger partial charge is 0.462 e. The number of carbonyl (C=O) groups is 4. The molecule has 0 amide bonds. The molecule has 0 aliphatic rings. The molecular weight excluding hydrogens is 1230 g/mol. The standard InChI is InChI=1S/C75H138O17P2/c1-5-9-13-17-21-25-29-33-34-38-40-44-48-52-56-60-73(78)86-66-71(92-75(80)62-58-54-50-46-42-37-32-28-24-20-16-12-8-4)68-90-94(83,84)88-64-69(76)63-87-93(81,82)89-67-70(91-74(79)61-57-53-49-45-41-36-31-27-23-19-15-11-7-3)65-85-72(77)59-55-51-47-43-39-35-30-26-22-18-14-10-6-2/h21,25-26,28,30,32-34,69-71,76H,5-20,22-24,27,29,31,35-68H2,1-4H3,(H,81,82)(H,83,84)/b25-21-,30-26-,32-28-,34-33-/t69-,70+,71+/m0/s1. The molecule has 0 fully saturated rings. The van der Waals surface area contributed by atoms with E-state index < -0.39 is 97.5 Å². The molecule has 17 nitrogen and oxygen atoms in total. The Kier molecular flexibility index (Phi) is 66.4. The Bertz CT molecular complexity index is 1980. The zero-order valence-corrected chi connectivity index (χ0v) is 61.7. The number of carbonyl (C=O) groups excluding carboxylic acids is 4. The minimum atomic E-state index is -4.97. The van der Waals surface area contributed by atoms with Gasteiger partial charge in [-0.15, -0.1) is 0 Å². The summed E-state index contributed by atoms with van der Waals surface area (Å²) in [6.45, 7) is 4.83. The van der Waals surface area contributed by atoms with E-state index in [-0.39, 0.29) is 25.7 Å². The highest BCUT2D eigenvalue weighted by Gasteiger charge is 2.30. The molecule has 2 unspecified atom stereocenters. The fourth-order valence-electron chi connectivity index (χ4n) is 10.4. The number of phosphoric acid groups is 2. The van der Waals surface area contributed by atoms with Gasteiger partial charge >= 0.3 is 39.5 Å². The van der Waals surface area contributed by atoms with Crippen LogP contribution >= 0.6 is 15.6 Å². The van der Waals surface area contributed by atoms with Crippen molar-refractivity contribution in [3.05, 3.63) is 48.6 Å². The predicted octanol–water partition coefficient (Wildman–Crippen LogP) is 21.3. The van der Waals surface area contributed by atoms with Crippen molar-refractivity contribution >= 4 is 39.5 Å². The summed E-state index contributed by atoms with van der Waals surface area (Å²) in [5.41, 5.74) is 0. The maximum Gasteiger partial charge on any atom is 0.472 e. The van der Waals surface area contributed by atoms with Crippen molar-refractivity contribution in [1.82, 2.24) is 0 Å². The molecule has 5 atom stereocenters. The van der Waals surface area contributed by atoms with Gasteiger partial charge in [-0.05, 0) is 109 Å². The molecule has 0 saturated carbocycles. The number of unbranched alkanes of at least 4 members (excludes halogenated alkanes) is 38. The van der Waals surface area contributed by atoms with Gasteiger partial charge in [0.25, 0.3) is 0 Å². The first-order valence-electron chi connectivity index (χ1n) is 37.9. The largest absolute Gasteiger partial charge is 0.472 e. The van der Waals surface area contributed by atoms with Crippen molar-refractivity contribution in [2.24, 2.45) is 0 Å². The summed E-state index contributed by atoms with van der Waals surface area (Å²) in [6.07, 6.45) is 63.8. The number of allylic oxidation sites excluding steroid dienone is 8. The Morgan fingerprint density at radius 3 is 0.830 bits per heavy atom. The molecule has 0 aromatic carbocycles. The molecule has 0 saturated heterocycles. The van der Waals surface area contributed by atoms with Crippen LogP contribution in [0.2, 0.25) is 0 Å². The van der Waals surface area contributed by atoms with E-state index in [9.17, 15) is 43.2 Å². The first-order chi connectivity index (χ1) is 45.7. The number of phosphoric ester groups is 2. The van der Waals surface area contributed by atoms with Gasteiger partial charge in [-0.2, -0.15) is 0 Å². The molecule has 3 N–H and O–H groups in total. The van der Waals surface area contributed by atoms with E-state index in [2.05, 4.69) is 76.3 Å². The fourth-order valence-corrected chi connectivity index (χ4v) is 12.0. The van der Waals surface area contributed by atoms with Crippen LogP contribution in [0.15, 0.2) is 48.6 Å². The molecular formula is C75H138O17P2. The van der Waals surface area contributed by atoms with Crippen molar-refractivity contribution in [1.29, 1.82) is 0 Å². The number of hydrogen-bond acceptors (Lipinski definition) is 15. The lowest BCUT2D eigenvalue weighted by molar-refractivity contribution is -0.161. The second-order valence-corrected chi connectivity index (χ2v) is 28.5. The summed E-state index contributed by atoms with van der Waals surface area (Å²) in [7, 11) is -9.93. The summed E-state index contributed by atoms with van der Waals surface area (Å²) in [4.78, 5) is 72.7. The summed E-state index contributed by atoms with van der Waals surface area (Å²) >= 11 is 0. The quantitative estimate of drug-likeness (QED) is 0.0169. The van der Waals surface area contributed by atoms with Crippen LogP contribution < -0.4 is 0 Å². The Labute approximate surface area is 572 Å². The number of rotatable bonds is 72. The van der Waals surface area contributed by atoms with Gasteiger partial charge in [0.05, 0.1) is 26.4 Å². The third-order valence-electron chi connectivity index (χ3n) is 16.3. The molecule has 94 heavy (non-hydrogen) atoms. The Morgan fingerprint density at radius 1 is 0.298 bits per heavy atom. The van der Waals surface area contributed by atoms with Gasteiger partial charge in [-0.1, -0.05) is 263 Å². The first-order valence-corrected chi connectivity index (χ1v) is 40.9. The van der Waals surface area contributed by atoms with Gasteiger partial charge in [0, 0.05) is 25.7 Å². The molecule has 0 heterocycles. The van der Waals surface area contributed by atoms with E-state index in [0.717, 1.165) is 148 Å². The van der Waals surface area contributed by atoms with Crippen LogP contribution in [-0.4, -0.2) is 96.7 Å². The molecule has 0 aliphatic heterocycles. The number of ether oxygens (including phenoxy) is 4. The summed E-state index contributed by atoms with van der Waals surface area (Å²) < 4.78 is 68.4. The van der Waals surface area contributed by atoms with Gasteiger partial charge in [0.1, 0.15) is 19.3 Å². The highest BCUT2D eigenvalue weighted by molar-refractivity contribution is 7.47. The van der Waals surface area contributed by atoms with Crippen LogP contribution in [0.1, 0.15) is 349 Å². The van der Waals surface area contributed by atoms with Crippen LogP contribution in [0.3, 0.4) is 0 Å². The Morgan fingerprint density at radius 2 is 0.521 bits per heavy atom. The SMILES string of the molecule is CCCCC/C=C\C/C=C\CCCCCCCC(=O)OC[C@H](COP(=O)(O)OC[C@@H](O)COP(=O)(O)OC[C@@H](COC(=O)CCCCCCC/C=C\CCCCCC)OC(=O)CCCCCCCCCCCCCCC)OC(=O)CCCCCCC/C=C\CCCCCC. The number of aliphatic hydroxyl groups is 1. The zero-order valence-electron chi connectivity index (χ0n) is 59.9. The zero-order chi connectivity index (χ0) is 69.0. The average Bonchev–Trinajstić information content (AvgIpc) is 1.67. The number of aliphatic hydroxyl groups excluding tert-OH is 1. The first kappa shape index (κ1) is 91.0. The number of esters is 4. The van der Waals surface area contributed by atoms with E-state index >= 15 is 0 Å². The molecule has 0 radical (unpaired) electrons. The summed E-state index contributed by atoms with van der Waals surface area (Å²) in [6, 6.07) is 0. The lowest BCUT2D eigenvalue weighted by Gasteiger charge is -2.21. The maximum absolute atomic E-state index is 13.1. The summed E-state index contributed by atoms with van der Waals surface area (Å²) in [5.74, 6) is -2.18. The van der Waals surface area contributed by atoms with Gasteiger partial charge in [-0.3, -0.25) is 37.3 Å². The normalized spacial score (nSPS) is 14.2. The van der Waals surface area contributed by atoms with Crippen LogP contribution in [0.5, 0.6) is 0 Å². The second kappa shape index (κ2) is 68.5. The van der Waals surface area contributed by atoms with Gasteiger partial charge < -0.3 is 33.8 Å².